The van der Waals surface area contributed by atoms with Gasteiger partial charge in [-0.2, -0.15) is 0 Å². The number of furan rings is 1. The third-order valence-corrected chi connectivity index (χ3v) is 6.68. The molecule has 8 heteroatoms. The first-order valence-electron chi connectivity index (χ1n) is 9.47. The third kappa shape index (κ3) is 3.56. The normalized spacial score (nSPS) is 21.6. The number of carbonyl (C=O) groups is 3. The average Bonchev–Trinajstić information content (AvgIpc) is 3.34. The van der Waals surface area contributed by atoms with Crippen molar-refractivity contribution in [1.29, 1.82) is 0 Å². The van der Waals surface area contributed by atoms with Crippen molar-refractivity contribution in [2.45, 2.75) is 39.2 Å². The molecule has 7 nitrogen and oxygen atoms in total. The Morgan fingerprint density at radius 2 is 2.21 bits per heavy atom. The van der Waals surface area contributed by atoms with Crippen LogP contribution in [0.15, 0.2) is 22.8 Å². The van der Waals surface area contributed by atoms with E-state index >= 15 is 0 Å². The number of thiophene rings is 1. The number of nitrogens with zero attached hydrogens (tertiary/aromatic N) is 1. The largest absolute Gasteiger partial charge is 0.467 e. The number of amides is 3. The van der Waals surface area contributed by atoms with Crippen molar-refractivity contribution < 1.29 is 18.8 Å². The lowest BCUT2D eigenvalue weighted by Gasteiger charge is -2.18. The number of rotatable bonds is 5. The second-order valence-corrected chi connectivity index (χ2v) is 8.77. The van der Waals surface area contributed by atoms with Crippen molar-refractivity contribution in [1.82, 2.24) is 4.90 Å². The molecule has 0 aromatic carbocycles. The predicted molar refractivity (Wildman–Crippen MR) is 105 cm³/mol. The van der Waals surface area contributed by atoms with Gasteiger partial charge >= 0.3 is 0 Å². The van der Waals surface area contributed by atoms with Crippen LogP contribution in [0.2, 0.25) is 0 Å². The minimum Gasteiger partial charge on any atom is -0.467 e. The standard InChI is InChI=1S/C20H23N3O4S/c1-11-4-5-14-15(7-11)28-20(17(14)18(21)25)22-19(26)12-8-16(24)23(9-12)10-13-3-2-6-27-13/h2-3,6,11-12H,4-5,7-10H2,1H3,(H2,21,25)(H,22,26)/t11-,12+/m1/s1. The Morgan fingerprint density at radius 3 is 2.93 bits per heavy atom. The molecule has 148 valence electrons. The molecule has 28 heavy (non-hydrogen) atoms. The van der Waals surface area contributed by atoms with E-state index < -0.39 is 11.8 Å². The van der Waals surface area contributed by atoms with E-state index in [4.69, 9.17) is 10.2 Å². The van der Waals surface area contributed by atoms with Crippen LogP contribution < -0.4 is 11.1 Å². The fraction of sp³-hybridized carbons (Fsp3) is 0.450. The van der Waals surface area contributed by atoms with Gasteiger partial charge in [0, 0.05) is 17.8 Å². The molecule has 0 radical (unpaired) electrons. The van der Waals surface area contributed by atoms with E-state index in [1.165, 1.54) is 11.3 Å². The summed E-state index contributed by atoms with van der Waals surface area (Å²) in [5.41, 5.74) is 7.03. The molecule has 1 saturated heterocycles. The number of hydrogen-bond donors (Lipinski definition) is 2. The SMILES string of the molecule is C[C@@H]1CCc2c(sc(NC(=O)[C@H]3CC(=O)N(Cc4ccco4)C3)c2C(N)=O)C1. The van der Waals surface area contributed by atoms with Crippen molar-refractivity contribution in [3.05, 3.63) is 40.2 Å². The van der Waals surface area contributed by atoms with Crippen LogP contribution in [-0.4, -0.2) is 29.2 Å². The molecule has 2 atom stereocenters. The van der Waals surface area contributed by atoms with Crippen LogP contribution >= 0.6 is 11.3 Å². The molecule has 1 aliphatic carbocycles. The summed E-state index contributed by atoms with van der Waals surface area (Å²) >= 11 is 1.44. The molecule has 1 fully saturated rings. The highest BCUT2D eigenvalue weighted by Gasteiger charge is 2.36. The lowest BCUT2D eigenvalue weighted by atomic mass is 9.88. The van der Waals surface area contributed by atoms with Crippen LogP contribution in [-0.2, 0) is 29.0 Å². The van der Waals surface area contributed by atoms with E-state index in [2.05, 4.69) is 12.2 Å². The van der Waals surface area contributed by atoms with Crippen LogP contribution in [0.4, 0.5) is 5.00 Å². The third-order valence-electron chi connectivity index (χ3n) is 5.51. The molecule has 0 unspecified atom stereocenters. The zero-order valence-corrected chi connectivity index (χ0v) is 16.5. The molecular weight excluding hydrogens is 378 g/mol. The Hall–Kier alpha value is -2.61. The zero-order chi connectivity index (χ0) is 19.8. The van der Waals surface area contributed by atoms with Crippen molar-refractivity contribution in [2.24, 2.45) is 17.6 Å². The fourth-order valence-electron chi connectivity index (χ4n) is 4.00. The van der Waals surface area contributed by atoms with Gasteiger partial charge in [-0.15, -0.1) is 11.3 Å². The number of likely N-dealkylation sites (tertiary alicyclic amines) is 1. The van der Waals surface area contributed by atoms with E-state index in [-0.39, 0.29) is 18.2 Å². The molecule has 0 saturated carbocycles. The summed E-state index contributed by atoms with van der Waals surface area (Å²) in [6.45, 7) is 2.87. The summed E-state index contributed by atoms with van der Waals surface area (Å²) in [5.74, 6) is -0.0514. The minimum atomic E-state index is -0.510. The average molecular weight is 401 g/mol. The zero-order valence-electron chi connectivity index (χ0n) is 15.7. The molecule has 3 amide bonds. The Bertz CT molecular complexity index is 918. The number of carbonyl (C=O) groups excluding carboxylic acids is 3. The van der Waals surface area contributed by atoms with Crippen molar-refractivity contribution in [2.75, 3.05) is 11.9 Å². The van der Waals surface area contributed by atoms with Gasteiger partial charge in [-0.05, 0) is 42.9 Å². The molecule has 2 aromatic heterocycles. The van der Waals surface area contributed by atoms with Gasteiger partial charge in [0.25, 0.3) is 5.91 Å². The van der Waals surface area contributed by atoms with Crippen LogP contribution in [0.1, 0.15) is 46.3 Å². The molecule has 2 aromatic rings. The molecule has 2 aliphatic rings. The van der Waals surface area contributed by atoms with Gasteiger partial charge in [-0.1, -0.05) is 6.92 Å². The Labute approximate surface area is 166 Å². The molecular formula is C20H23N3O4S. The topological polar surface area (TPSA) is 106 Å². The number of nitrogens with one attached hydrogen (secondary N) is 1. The van der Waals surface area contributed by atoms with Gasteiger partial charge in [-0.25, -0.2) is 0 Å². The van der Waals surface area contributed by atoms with E-state index in [0.717, 1.165) is 29.7 Å². The van der Waals surface area contributed by atoms with Crippen molar-refractivity contribution >= 4 is 34.1 Å². The highest BCUT2D eigenvalue weighted by atomic mass is 32.1. The molecule has 3 N–H and O–H groups in total. The molecule has 4 rings (SSSR count). The van der Waals surface area contributed by atoms with Gasteiger partial charge in [0.05, 0.1) is 24.3 Å². The Balaban J connectivity index is 1.48. The van der Waals surface area contributed by atoms with Gasteiger partial charge in [0.1, 0.15) is 10.8 Å². The summed E-state index contributed by atoms with van der Waals surface area (Å²) in [6.07, 6.45) is 4.43. The minimum absolute atomic E-state index is 0.0778. The highest BCUT2D eigenvalue weighted by Crippen LogP contribution is 2.39. The maximum Gasteiger partial charge on any atom is 0.251 e. The smallest absolute Gasteiger partial charge is 0.251 e. The predicted octanol–water partition coefficient (Wildman–Crippen LogP) is 2.55. The lowest BCUT2D eigenvalue weighted by molar-refractivity contribution is -0.128. The maximum atomic E-state index is 12.8. The van der Waals surface area contributed by atoms with Crippen LogP contribution in [0.25, 0.3) is 0 Å². The first-order chi connectivity index (χ1) is 13.4. The van der Waals surface area contributed by atoms with Crippen LogP contribution in [0, 0.1) is 11.8 Å². The number of primary amides is 1. The van der Waals surface area contributed by atoms with Gasteiger partial charge < -0.3 is 20.4 Å². The molecule has 0 bridgehead atoms. The Morgan fingerprint density at radius 1 is 1.39 bits per heavy atom. The second-order valence-electron chi connectivity index (χ2n) is 7.66. The molecule has 0 spiro atoms. The summed E-state index contributed by atoms with van der Waals surface area (Å²) in [5, 5.41) is 3.40. The highest BCUT2D eigenvalue weighted by molar-refractivity contribution is 7.17. The van der Waals surface area contributed by atoms with Gasteiger partial charge in [-0.3, -0.25) is 14.4 Å². The first-order valence-corrected chi connectivity index (χ1v) is 10.3. The quantitative estimate of drug-likeness (QED) is 0.803. The van der Waals surface area contributed by atoms with Crippen LogP contribution in [0.5, 0.6) is 0 Å². The molecule has 3 heterocycles. The van der Waals surface area contributed by atoms with E-state index in [1.54, 1.807) is 23.3 Å². The molecule has 1 aliphatic heterocycles. The van der Waals surface area contributed by atoms with Crippen LogP contribution in [0.3, 0.4) is 0 Å². The monoisotopic (exact) mass is 401 g/mol. The second kappa shape index (κ2) is 7.43. The van der Waals surface area contributed by atoms with Gasteiger partial charge in [0.2, 0.25) is 11.8 Å². The van der Waals surface area contributed by atoms with E-state index in [0.29, 0.717) is 35.3 Å². The van der Waals surface area contributed by atoms with Crippen molar-refractivity contribution in [3.8, 4) is 0 Å². The summed E-state index contributed by atoms with van der Waals surface area (Å²) in [4.78, 5) is 39.9. The number of anilines is 1. The Kier molecular flexibility index (Phi) is 4.97. The number of nitrogens with two attached hydrogens (primary N) is 1. The summed E-state index contributed by atoms with van der Waals surface area (Å²) in [6, 6.07) is 3.57. The summed E-state index contributed by atoms with van der Waals surface area (Å²) in [7, 11) is 0. The number of hydrogen-bond acceptors (Lipinski definition) is 5. The number of fused-ring (bicyclic) bond motifs is 1. The van der Waals surface area contributed by atoms with E-state index in [1.807, 2.05) is 0 Å². The van der Waals surface area contributed by atoms with E-state index in [9.17, 15) is 14.4 Å². The van der Waals surface area contributed by atoms with Crippen molar-refractivity contribution in [3.63, 3.8) is 0 Å². The summed E-state index contributed by atoms with van der Waals surface area (Å²) < 4.78 is 5.29. The fourth-order valence-corrected chi connectivity index (χ4v) is 5.42. The lowest BCUT2D eigenvalue weighted by Crippen LogP contribution is -2.28. The first kappa shape index (κ1) is 18.7. The maximum absolute atomic E-state index is 12.8. The van der Waals surface area contributed by atoms with Gasteiger partial charge in [0.15, 0.2) is 0 Å².